The summed E-state index contributed by atoms with van der Waals surface area (Å²) >= 11 is 1.38. The van der Waals surface area contributed by atoms with Crippen LogP contribution in [0.4, 0.5) is 15.7 Å². The van der Waals surface area contributed by atoms with Crippen LogP contribution in [-0.2, 0) is 40.0 Å². The molecule has 0 aliphatic heterocycles. The van der Waals surface area contributed by atoms with Crippen LogP contribution in [0.5, 0.6) is 5.75 Å². The van der Waals surface area contributed by atoms with Crippen LogP contribution >= 0.6 is 11.3 Å². The molecule has 230 valence electrons. The summed E-state index contributed by atoms with van der Waals surface area (Å²) < 4.78 is 5.13. The first-order valence-corrected chi connectivity index (χ1v) is 15.0. The molecule has 0 aliphatic carbocycles. The predicted molar refractivity (Wildman–Crippen MR) is 166 cm³/mol. The van der Waals surface area contributed by atoms with Crippen molar-refractivity contribution in [1.29, 1.82) is 0 Å². The number of hydrogen-bond acceptors (Lipinski definition) is 10. The van der Waals surface area contributed by atoms with E-state index in [0.717, 1.165) is 41.9 Å². The van der Waals surface area contributed by atoms with Gasteiger partial charge in [-0.2, -0.15) is 10.6 Å². The number of ether oxygens (including phenoxy) is 1. The van der Waals surface area contributed by atoms with Crippen molar-refractivity contribution in [2.75, 3.05) is 10.6 Å². The first-order chi connectivity index (χ1) is 21.1. The number of benzene rings is 2. The molecule has 0 bridgehead atoms. The number of nitrogens with zero attached hydrogens (tertiary/aromatic N) is 4. The van der Waals surface area contributed by atoms with Crippen molar-refractivity contribution in [2.24, 2.45) is 0 Å². The summed E-state index contributed by atoms with van der Waals surface area (Å²) in [6, 6.07) is 19.9. The van der Waals surface area contributed by atoms with E-state index >= 15 is 0 Å². The molecule has 0 fully saturated rings. The summed E-state index contributed by atoms with van der Waals surface area (Å²) in [5.41, 5.74) is 4.02. The van der Waals surface area contributed by atoms with Crippen LogP contribution in [0.2, 0.25) is 0 Å². The lowest BCUT2D eigenvalue weighted by Crippen LogP contribution is -2.34. The van der Waals surface area contributed by atoms with Crippen LogP contribution in [-0.4, -0.2) is 43.9 Å². The molecule has 0 spiro atoms. The molecule has 2 aromatic heterocycles. The van der Waals surface area contributed by atoms with Crippen molar-refractivity contribution in [2.45, 2.75) is 64.9 Å². The van der Waals surface area contributed by atoms with Gasteiger partial charge in [0.15, 0.2) is 11.6 Å². The van der Waals surface area contributed by atoms with E-state index in [9.17, 15) is 14.4 Å². The van der Waals surface area contributed by atoms with Crippen LogP contribution in [0.3, 0.4) is 0 Å². The SMILES string of the molecule is CC(C)(C)OC(=O)NOc1cccc(CC(=O)Nc2ccc(CCCCc3nnc(NC(=O)Cc4ccccc4)s3)nn2)c1. The second kappa shape index (κ2) is 15.5. The molecule has 4 aromatic rings. The Kier molecular flexibility index (Phi) is 11.3. The van der Waals surface area contributed by atoms with Gasteiger partial charge in [0.2, 0.25) is 16.9 Å². The Hall–Kier alpha value is -4.91. The fraction of sp³-hybridized carbons (Fsp3) is 0.323. The molecule has 12 nitrogen and oxygen atoms in total. The van der Waals surface area contributed by atoms with Gasteiger partial charge in [0.1, 0.15) is 10.6 Å². The number of hydrogen-bond donors (Lipinski definition) is 3. The van der Waals surface area contributed by atoms with Gasteiger partial charge < -0.3 is 20.2 Å². The Morgan fingerprint density at radius 2 is 1.50 bits per heavy atom. The number of unbranched alkanes of at least 4 members (excludes halogenated alkanes) is 1. The standard InChI is InChI=1S/C31H35N7O5S/c1-31(2,3)42-30(41)38-43-24-14-9-12-22(18-24)20-26(39)32-25-17-16-23(34-35-25)13-7-8-15-28-36-37-29(44-28)33-27(40)19-21-10-5-4-6-11-21/h4-6,9-12,14,16-18H,7-8,13,15,19-20H2,1-3H3,(H,38,41)(H,32,35,39)(H,33,37,40). The second-order valence-electron chi connectivity index (χ2n) is 10.9. The number of carbonyl (C=O) groups is 3. The van der Waals surface area contributed by atoms with Gasteiger partial charge in [-0.1, -0.05) is 53.8 Å². The molecular weight excluding hydrogens is 582 g/mol. The first-order valence-electron chi connectivity index (χ1n) is 14.1. The minimum Gasteiger partial charge on any atom is -0.442 e. The number of aromatic nitrogens is 4. The normalized spacial score (nSPS) is 11.0. The fourth-order valence-corrected chi connectivity index (χ4v) is 4.78. The lowest BCUT2D eigenvalue weighted by Gasteiger charge is -2.19. The Labute approximate surface area is 259 Å². The summed E-state index contributed by atoms with van der Waals surface area (Å²) in [6.45, 7) is 5.25. The van der Waals surface area contributed by atoms with E-state index < -0.39 is 11.7 Å². The van der Waals surface area contributed by atoms with Crippen molar-refractivity contribution in [1.82, 2.24) is 25.9 Å². The van der Waals surface area contributed by atoms with E-state index in [1.165, 1.54) is 11.3 Å². The number of amides is 3. The van der Waals surface area contributed by atoms with Gasteiger partial charge in [-0.05, 0) is 75.4 Å². The Balaban J connectivity index is 1.14. The average molecular weight is 618 g/mol. The van der Waals surface area contributed by atoms with Gasteiger partial charge in [-0.15, -0.1) is 15.3 Å². The summed E-state index contributed by atoms with van der Waals surface area (Å²) in [4.78, 5) is 41.8. The van der Waals surface area contributed by atoms with E-state index in [1.54, 1.807) is 51.1 Å². The van der Waals surface area contributed by atoms with Gasteiger partial charge in [0, 0.05) is 6.42 Å². The minimum absolute atomic E-state index is 0.0805. The molecule has 4 rings (SSSR count). The Bertz CT molecular complexity index is 1540. The van der Waals surface area contributed by atoms with Crippen LogP contribution in [0, 0.1) is 0 Å². The highest BCUT2D eigenvalue weighted by atomic mass is 32.1. The first kappa shape index (κ1) is 32.0. The van der Waals surface area contributed by atoms with E-state index in [2.05, 4.69) is 36.5 Å². The maximum absolute atomic E-state index is 12.5. The monoisotopic (exact) mass is 617 g/mol. The molecule has 2 aromatic carbocycles. The molecule has 0 unspecified atom stereocenters. The zero-order valence-electron chi connectivity index (χ0n) is 24.8. The highest BCUT2D eigenvalue weighted by Gasteiger charge is 2.16. The van der Waals surface area contributed by atoms with Crippen molar-refractivity contribution in [3.8, 4) is 5.75 Å². The van der Waals surface area contributed by atoms with Gasteiger partial charge in [0.25, 0.3) is 0 Å². The zero-order valence-corrected chi connectivity index (χ0v) is 25.6. The number of nitrogens with one attached hydrogen (secondary N) is 3. The molecule has 0 atom stereocenters. The number of rotatable bonds is 13. The van der Waals surface area contributed by atoms with Crippen LogP contribution in [0.25, 0.3) is 0 Å². The largest absolute Gasteiger partial charge is 0.442 e. The molecule has 2 heterocycles. The third-order valence-corrected chi connectivity index (χ3v) is 6.79. The van der Waals surface area contributed by atoms with E-state index in [-0.39, 0.29) is 18.2 Å². The third kappa shape index (κ3) is 11.4. The number of aryl methyl sites for hydroxylation is 2. The third-order valence-electron chi connectivity index (χ3n) is 5.90. The smallest absolute Gasteiger partial charge is 0.441 e. The lowest BCUT2D eigenvalue weighted by atomic mass is 10.1. The lowest BCUT2D eigenvalue weighted by molar-refractivity contribution is -0.116. The van der Waals surface area contributed by atoms with E-state index in [4.69, 9.17) is 9.57 Å². The molecule has 0 radical (unpaired) electrons. The summed E-state index contributed by atoms with van der Waals surface area (Å²) in [7, 11) is 0. The summed E-state index contributed by atoms with van der Waals surface area (Å²) in [5, 5.41) is 23.5. The topological polar surface area (TPSA) is 157 Å². The van der Waals surface area contributed by atoms with Gasteiger partial charge >= 0.3 is 6.09 Å². The Morgan fingerprint density at radius 1 is 0.773 bits per heavy atom. The predicted octanol–water partition coefficient (Wildman–Crippen LogP) is 5.07. The zero-order chi connectivity index (χ0) is 31.4. The molecule has 13 heteroatoms. The molecule has 3 N–H and O–H groups in total. The van der Waals surface area contributed by atoms with Crippen molar-refractivity contribution < 1.29 is 24.0 Å². The van der Waals surface area contributed by atoms with Crippen LogP contribution in [0.15, 0.2) is 66.7 Å². The number of hydroxylamine groups is 1. The fourth-order valence-electron chi connectivity index (χ4n) is 3.98. The molecule has 0 saturated carbocycles. The maximum Gasteiger partial charge on any atom is 0.441 e. The van der Waals surface area contributed by atoms with Crippen molar-refractivity contribution >= 4 is 40.2 Å². The van der Waals surface area contributed by atoms with E-state index in [0.29, 0.717) is 28.7 Å². The summed E-state index contributed by atoms with van der Waals surface area (Å²) in [5.74, 6) is 0.332. The quantitative estimate of drug-likeness (QED) is 0.138. The van der Waals surface area contributed by atoms with Crippen LogP contribution in [0.1, 0.15) is 55.4 Å². The highest BCUT2D eigenvalue weighted by Crippen LogP contribution is 2.19. The molecule has 0 aliphatic rings. The summed E-state index contributed by atoms with van der Waals surface area (Å²) in [6.07, 6.45) is 2.88. The van der Waals surface area contributed by atoms with Gasteiger partial charge in [0.05, 0.1) is 18.5 Å². The molecule has 44 heavy (non-hydrogen) atoms. The van der Waals surface area contributed by atoms with E-state index in [1.807, 2.05) is 36.4 Å². The average Bonchev–Trinajstić information content (AvgIpc) is 3.41. The van der Waals surface area contributed by atoms with Crippen LogP contribution < -0.4 is 21.0 Å². The molecular formula is C31H35N7O5S. The Morgan fingerprint density at radius 3 is 2.25 bits per heavy atom. The second-order valence-corrected chi connectivity index (χ2v) is 12.0. The van der Waals surface area contributed by atoms with Crippen molar-refractivity contribution in [3.05, 3.63) is 88.6 Å². The number of anilines is 2. The molecule has 3 amide bonds. The van der Waals surface area contributed by atoms with Gasteiger partial charge in [-0.25, -0.2) is 4.79 Å². The number of carbonyl (C=O) groups excluding carboxylic acids is 3. The van der Waals surface area contributed by atoms with Crippen molar-refractivity contribution in [3.63, 3.8) is 0 Å². The maximum atomic E-state index is 12.5. The minimum atomic E-state index is -0.713. The molecule has 0 saturated heterocycles. The highest BCUT2D eigenvalue weighted by molar-refractivity contribution is 7.15. The van der Waals surface area contributed by atoms with Gasteiger partial charge in [-0.3, -0.25) is 9.59 Å².